The molecule has 0 fully saturated rings. The third kappa shape index (κ3) is 3.29. The number of rotatable bonds is 4. The summed E-state index contributed by atoms with van der Waals surface area (Å²) in [5, 5.41) is 15.4. The van der Waals surface area contributed by atoms with E-state index in [0.29, 0.717) is 5.82 Å². The maximum Gasteiger partial charge on any atom is 0.241 e. The minimum atomic E-state index is -4.05. The Kier molecular flexibility index (Phi) is 4.00. The Morgan fingerprint density at radius 1 is 1.36 bits per heavy atom. The Balaban J connectivity index is 2.39. The number of benzene rings is 1. The molecular weight excluding hydrogens is 309 g/mol. The minimum Gasteiger partial charge on any atom is -0.263 e. The Labute approximate surface area is 127 Å². The number of nitriles is 1. The van der Waals surface area contributed by atoms with Crippen molar-refractivity contribution in [2.75, 3.05) is 0 Å². The lowest BCUT2D eigenvalue weighted by Crippen LogP contribution is -2.41. The first-order valence-corrected chi connectivity index (χ1v) is 7.76. The Morgan fingerprint density at radius 3 is 2.59 bits per heavy atom. The molecule has 2 aromatic rings. The molecule has 0 bridgehead atoms. The molecule has 2 N–H and O–H groups in total. The van der Waals surface area contributed by atoms with Gasteiger partial charge >= 0.3 is 0 Å². The average molecular weight is 323 g/mol. The number of nitrogens with one attached hydrogen (secondary N) is 2. The van der Waals surface area contributed by atoms with Crippen molar-refractivity contribution >= 4 is 10.0 Å². The third-order valence-electron chi connectivity index (χ3n) is 2.86. The van der Waals surface area contributed by atoms with E-state index in [9.17, 15) is 12.8 Å². The zero-order valence-corrected chi connectivity index (χ0v) is 13.0. The van der Waals surface area contributed by atoms with Gasteiger partial charge in [0.05, 0.1) is 22.1 Å². The number of sulfonamides is 1. The van der Waals surface area contributed by atoms with E-state index in [2.05, 4.69) is 19.9 Å². The van der Waals surface area contributed by atoms with Crippen molar-refractivity contribution in [3.05, 3.63) is 41.2 Å². The number of halogens is 1. The van der Waals surface area contributed by atoms with E-state index in [1.807, 2.05) is 0 Å². The summed E-state index contributed by atoms with van der Waals surface area (Å²) in [4.78, 5) is 3.76. The molecule has 1 heterocycles. The second-order valence-electron chi connectivity index (χ2n) is 5.26. The summed E-state index contributed by atoms with van der Waals surface area (Å²) in [5.41, 5.74) is -1.19. The summed E-state index contributed by atoms with van der Waals surface area (Å²) in [6.07, 6.45) is 0. The standard InChI is InChI=1S/C13H14FN5O2S/c1-8-16-12(18-17-8)13(2,3)19-22(20,21)11-5-9(7-15)4-10(14)6-11/h4-6,19H,1-3H3,(H,16,17,18). The molecular formula is C13H14FN5O2S. The second kappa shape index (κ2) is 5.47. The molecule has 0 radical (unpaired) electrons. The number of aromatic nitrogens is 3. The maximum absolute atomic E-state index is 13.4. The van der Waals surface area contributed by atoms with Gasteiger partial charge in [0, 0.05) is 0 Å². The number of hydrogen-bond donors (Lipinski definition) is 2. The number of aromatic amines is 1. The molecule has 1 aromatic heterocycles. The van der Waals surface area contributed by atoms with Gasteiger partial charge in [0.25, 0.3) is 0 Å². The number of hydrogen-bond acceptors (Lipinski definition) is 5. The van der Waals surface area contributed by atoms with Crippen molar-refractivity contribution < 1.29 is 12.8 Å². The molecule has 0 aliphatic heterocycles. The first kappa shape index (κ1) is 16.1. The first-order chi connectivity index (χ1) is 10.1. The predicted octanol–water partition coefficient (Wildman–Crippen LogP) is 1.34. The van der Waals surface area contributed by atoms with Gasteiger partial charge in [-0.15, -0.1) is 0 Å². The van der Waals surface area contributed by atoms with Gasteiger partial charge in [-0.05, 0) is 39.0 Å². The maximum atomic E-state index is 13.4. The van der Waals surface area contributed by atoms with E-state index in [0.717, 1.165) is 18.2 Å². The summed E-state index contributed by atoms with van der Waals surface area (Å²) in [6, 6.07) is 4.63. The molecule has 0 atom stereocenters. The van der Waals surface area contributed by atoms with Crippen LogP contribution < -0.4 is 4.72 Å². The van der Waals surface area contributed by atoms with Crippen molar-refractivity contribution in [2.45, 2.75) is 31.2 Å². The molecule has 2 rings (SSSR count). The molecule has 0 spiro atoms. The highest BCUT2D eigenvalue weighted by atomic mass is 32.2. The van der Waals surface area contributed by atoms with Gasteiger partial charge in [-0.1, -0.05) is 0 Å². The summed E-state index contributed by atoms with van der Waals surface area (Å²) in [5.74, 6) is -0.00347. The molecule has 22 heavy (non-hydrogen) atoms. The smallest absolute Gasteiger partial charge is 0.241 e. The molecule has 0 unspecified atom stereocenters. The van der Waals surface area contributed by atoms with E-state index in [-0.39, 0.29) is 16.3 Å². The van der Waals surface area contributed by atoms with E-state index in [1.165, 1.54) is 0 Å². The second-order valence-corrected chi connectivity index (χ2v) is 6.94. The highest BCUT2D eigenvalue weighted by Gasteiger charge is 2.31. The summed E-state index contributed by atoms with van der Waals surface area (Å²) in [6.45, 7) is 4.85. The van der Waals surface area contributed by atoms with Crippen molar-refractivity contribution in [1.82, 2.24) is 19.9 Å². The van der Waals surface area contributed by atoms with Crippen LogP contribution in [0.25, 0.3) is 0 Å². The van der Waals surface area contributed by atoms with Crippen LogP contribution in [0.5, 0.6) is 0 Å². The quantitative estimate of drug-likeness (QED) is 0.882. The molecule has 1 aromatic carbocycles. The summed E-state index contributed by atoms with van der Waals surface area (Å²) >= 11 is 0. The van der Waals surface area contributed by atoms with Crippen LogP contribution >= 0.6 is 0 Å². The summed E-state index contributed by atoms with van der Waals surface area (Å²) < 4.78 is 40.6. The fourth-order valence-electron chi connectivity index (χ4n) is 1.85. The van der Waals surface area contributed by atoms with Crippen LogP contribution in [0.2, 0.25) is 0 Å². The van der Waals surface area contributed by atoms with E-state index in [4.69, 9.17) is 5.26 Å². The van der Waals surface area contributed by atoms with Gasteiger partial charge in [0.1, 0.15) is 11.6 Å². The van der Waals surface area contributed by atoms with Crippen LogP contribution in [0, 0.1) is 24.1 Å². The van der Waals surface area contributed by atoms with Crippen LogP contribution in [0.3, 0.4) is 0 Å². The lowest BCUT2D eigenvalue weighted by molar-refractivity contribution is 0.447. The van der Waals surface area contributed by atoms with Crippen molar-refractivity contribution in [2.24, 2.45) is 0 Å². The van der Waals surface area contributed by atoms with Crippen LogP contribution in [0.4, 0.5) is 4.39 Å². The molecule has 116 valence electrons. The topological polar surface area (TPSA) is 112 Å². The first-order valence-electron chi connectivity index (χ1n) is 6.28. The van der Waals surface area contributed by atoms with Crippen molar-refractivity contribution in [1.29, 1.82) is 5.26 Å². The predicted molar refractivity (Wildman–Crippen MR) is 75.6 cm³/mol. The van der Waals surface area contributed by atoms with Crippen LogP contribution in [-0.2, 0) is 15.6 Å². The molecule has 0 amide bonds. The van der Waals surface area contributed by atoms with Crippen LogP contribution in [0.1, 0.15) is 31.1 Å². The Bertz CT molecular complexity index is 852. The zero-order valence-electron chi connectivity index (χ0n) is 12.2. The van der Waals surface area contributed by atoms with E-state index >= 15 is 0 Å². The van der Waals surface area contributed by atoms with Gasteiger partial charge in [0.15, 0.2) is 5.82 Å². The van der Waals surface area contributed by atoms with Gasteiger partial charge in [0.2, 0.25) is 10.0 Å². The van der Waals surface area contributed by atoms with Gasteiger partial charge in [-0.3, -0.25) is 5.10 Å². The number of H-pyrrole nitrogens is 1. The minimum absolute atomic E-state index is 0.0769. The zero-order chi connectivity index (χ0) is 16.5. The number of aryl methyl sites for hydroxylation is 1. The highest BCUT2D eigenvalue weighted by molar-refractivity contribution is 7.89. The molecule has 0 saturated heterocycles. The van der Waals surface area contributed by atoms with Gasteiger partial charge in [-0.25, -0.2) is 17.8 Å². The van der Waals surface area contributed by atoms with E-state index in [1.54, 1.807) is 26.8 Å². The Hall–Kier alpha value is -2.31. The molecule has 0 aliphatic carbocycles. The molecule has 0 saturated carbocycles. The Morgan fingerprint density at radius 2 is 2.05 bits per heavy atom. The van der Waals surface area contributed by atoms with Gasteiger partial charge < -0.3 is 0 Å². The summed E-state index contributed by atoms with van der Waals surface area (Å²) in [7, 11) is -4.05. The molecule has 7 nitrogen and oxygen atoms in total. The van der Waals surface area contributed by atoms with Crippen LogP contribution in [0.15, 0.2) is 23.1 Å². The lowest BCUT2D eigenvalue weighted by Gasteiger charge is -2.22. The fraction of sp³-hybridized carbons (Fsp3) is 0.308. The SMILES string of the molecule is Cc1nc(C(C)(C)NS(=O)(=O)c2cc(F)cc(C#N)c2)n[nH]1. The highest BCUT2D eigenvalue weighted by Crippen LogP contribution is 2.21. The average Bonchev–Trinajstić information content (AvgIpc) is 2.84. The monoisotopic (exact) mass is 323 g/mol. The van der Waals surface area contributed by atoms with Gasteiger partial charge in [-0.2, -0.15) is 15.1 Å². The van der Waals surface area contributed by atoms with Crippen LogP contribution in [-0.4, -0.2) is 23.6 Å². The molecule has 9 heteroatoms. The lowest BCUT2D eigenvalue weighted by atomic mass is 10.1. The fourth-order valence-corrected chi connectivity index (χ4v) is 3.28. The third-order valence-corrected chi connectivity index (χ3v) is 4.49. The molecule has 0 aliphatic rings. The van der Waals surface area contributed by atoms with Crippen molar-refractivity contribution in [3.63, 3.8) is 0 Å². The van der Waals surface area contributed by atoms with E-state index < -0.39 is 21.4 Å². The largest absolute Gasteiger partial charge is 0.263 e. The van der Waals surface area contributed by atoms with Crippen molar-refractivity contribution in [3.8, 4) is 6.07 Å². The number of nitrogens with zero attached hydrogens (tertiary/aromatic N) is 3. The normalized spacial score (nSPS) is 12.1.